The molecule has 0 aromatic heterocycles. The minimum Gasteiger partial charge on any atom is -0.380 e. The van der Waals surface area contributed by atoms with Gasteiger partial charge in [-0.25, -0.2) is 0 Å². The molecule has 0 aliphatic carbocycles. The van der Waals surface area contributed by atoms with Crippen molar-refractivity contribution in [3.8, 4) is 0 Å². The molecule has 0 aliphatic rings. The number of nitrogens with one attached hydrogen (secondary N) is 1. The van der Waals surface area contributed by atoms with Crippen LogP contribution in [0.3, 0.4) is 0 Å². The van der Waals surface area contributed by atoms with Crippen molar-refractivity contribution in [2.75, 3.05) is 23.3 Å². The van der Waals surface area contributed by atoms with Crippen molar-refractivity contribution in [1.29, 1.82) is 0 Å². The molecule has 0 unspecified atom stereocenters. The molecule has 0 amide bonds. The van der Waals surface area contributed by atoms with E-state index in [-0.39, 0.29) is 0 Å². The third-order valence-corrected chi connectivity index (χ3v) is 4.79. The number of halogens is 1. The van der Waals surface area contributed by atoms with Crippen LogP contribution < -0.4 is 10.2 Å². The molecule has 112 valence electrons. The lowest BCUT2D eigenvalue weighted by atomic mass is 10.1. The minimum atomic E-state index is 0.834. The van der Waals surface area contributed by atoms with Crippen LogP contribution in [0, 0.1) is 6.92 Å². The lowest BCUT2D eigenvalue weighted by Crippen LogP contribution is -2.21. The van der Waals surface area contributed by atoms with Crippen LogP contribution in [0.1, 0.15) is 25.0 Å². The average molecular weight is 347 g/mol. The van der Waals surface area contributed by atoms with Gasteiger partial charge in [0.15, 0.2) is 0 Å². The lowest BCUT2D eigenvalue weighted by Gasteiger charge is -2.21. The quantitative estimate of drug-likeness (QED) is 0.771. The van der Waals surface area contributed by atoms with E-state index in [1.807, 2.05) is 0 Å². The zero-order valence-electron chi connectivity index (χ0n) is 13.0. The van der Waals surface area contributed by atoms with Crippen molar-refractivity contribution in [3.63, 3.8) is 0 Å². The number of anilines is 2. The van der Waals surface area contributed by atoms with Crippen molar-refractivity contribution < 1.29 is 0 Å². The van der Waals surface area contributed by atoms with Crippen molar-refractivity contribution >= 4 is 27.3 Å². The Morgan fingerprint density at radius 2 is 1.67 bits per heavy atom. The molecule has 0 bridgehead atoms. The molecule has 2 aromatic rings. The second-order valence-electron chi connectivity index (χ2n) is 5.13. The van der Waals surface area contributed by atoms with Gasteiger partial charge < -0.3 is 10.2 Å². The first-order chi connectivity index (χ1) is 10.2. The SMILES string of the molecule is CCN(CC)c1ccc(CNc2cccc(C)c2Br)cc1. The molecule has 0 atom stereocenters. The zero-order chi connectivity index (χ0) is 15.2. The van der Waals surface area contributed by atoms with Gasteiger partial charge in [-0.15, -0.1) is 0 Å². The standard InChI is InChI=1S/C18H23BrN2/c1-4-21(5-2)16-11-9-15(10-12-16)13-20-17-8-6-7-14(3)18(17)19/h6-12,20H,4-5,13H2,1-3H3. The van der Waals surface area contributed by atoms with Crippen LogP contribution in [0.5, 0.6) is 0 Å². The van der Waals surface area contributed by atoms with Gasteiger partial charge in [0, 0.05) is 35.5 Å². The summed E-state index contributed by atoms with van der Waals surface area (Å²) in [6.07, 6.45) is 0. The van der Waals surface area contributed by atoms with E-state index in [1.165, 1.54) is 16.8 Å². The normalized spacial score (nSPS) is 10.5. The maximum atomic E-state index is 3.63. The fourth-order valence-electron chi connectivity index (χ4n) is 2.39. The molecule has 0 heterocycles. The van der Waals surface area contributed by atoms with E-state index in [0.29, 0.717) is 0 Å². The number of benzene rings is 2. The van der Waals surface area contributed by atoms with Crippen LogP contribution in [0.2, 0.25) is 0 Å². The van der Waals surface area contributed by atoms with Gasteiger partial charge in [0.1, 0.15) is 0 Å². The van der Waals surface area contributed by atoms with Crippen LogP contribution >= 0.6 is 15.9 Å². The molecule has 21 heavy (non-hydrogen) atoms. The third-order valence-electron chi connectivity index (χ3n) is 3.74. The Morgan fingerprint density at radius 3 is 2.29 bits per heavy atom. The van der Waals surface area contributed by atoms with E-state index in [1.54, 1.807) is 0 Å². The molecule has 0 saturated heterocycles. The smallest absolute Gasteiger partial charge is 0.0490 e. The van der Waals surface area contributed by atoms with Gasteiger partial charge in [0.25, 0.3) is 0 Å². The Kier molecular flexibility index (Phi) is 5.68. The van der Waals surface area contributed by atoms with Crippen molar-refractivity contribution in [3.05, 3.63) is 58.1 Å². The Bertz CT molecular complexity index is 574. The molecule has 0 spiro atoms. The highest BCUT2D eigenvalue weighted by atomic mass is 79.9. The Hall–Kier alpha value is -1.48. The second-order valence-corrected chi connectivity index (χ2v) is 5.92. The fourth-order valence-corrected chi connectivity index (χ4v) is 2.80. The molecule has 2 rings (SSSR count). The predicted molar refractivity (Wildman–Crippen MR) is 96.2 cm³/mol. The highest BCUT2D eigenvalue weighted by Gasteiger charge is 2.03. The number of hydrogen-bond donors (Lipinski definition) is 1. The summed E-state index contributed by atoms with van der Waals surface area (Å²) in [4.78, 5) is 2.36. The maximum absolute atomic E-state index is 3.63. The fraction of sp³-hybridized carbons (Fsp3) is 0.333. The lowest BCUT2D eigenvalue weighted by molar-refractivity contribution is 0.865. The van der Waals surface area contributed by atoms with E-state index < -0.39 is 0 Å². The van der Waals surface area contributed by atoms with Gasteiger partial charge in [0.2, 0.25) is 0 Å². The molecule has 0 radical (unpaired) electrons. The molecule has 0 fully saturated rings. The van der Waals surface area contributed by atoms with E-state index in [0.717, 1.165) is 29.8 Å². The van der Waals surface area contributed by atoms with Gasteiger partial charge in [0.05, 0.1) is 0 Å². The van der Waals surface area contributed by atoms with Crippen LogP contribution in [-0.2, 0) is 6.54 Å². The van der Waals surface area contributed by atoms with Crippen molar-refractivity contribution in [2.24, 2.45) is 0 Å². The number of rotatable bonds is 6. The maximum Gasteiger partial charge on any atom is 0.0490 e. The van der Waals surface area contributed by atoms with E-state index in [9.17, 15) is 0 Å². The van der Waals surface area contributed by atoms with Gasteiger partial charge in [-0.2, -0.15) is 0 Å². The summed E-state index contributed by atoms with van der Waals surface area (Å²) in [6.45, 7) is 9.41. The summed E-state index contributed by atoms with van der Waals surface area (Å²) in [5.41, 5.74) is 4.97. The van der Waals surface area contributed by atoms with Crippen molar-refractivity contribution in [2.45, 2.75) is 27.3 Å². The largest absolute Gasteiger partial charge is 0.380 e. The summed E-state index contributed by atoms with van der Waals surface area (Å²) in [6, 6.07) is 15.1. The number of hydrogen-bond acceptors (Lipinski definition) is 2. The highest BCUT2D eigenvalue weighted by Crippen LogP contribution is 2.26. The number of nitrogens with zero attached hydrogens (tertiary/aromatic N) is 1. The van der Waals surface area contributed by atoms with Gasteiger partial charge in [-0.3, -0.25) is 0 Å². The first-order valence-corrected chi connectivity index (χ1v) is 8.27. The highest BCUT2D eigenvalue weighted by molar-refractivity contribution is 9.10. The van der Waals surface area contributed by atoms with Crippen molar-refractivity contribution in [1.82, 2.24) is 0 Å². The summed E-state index contributed by atoms with van der Waals surface area (Å²) >= 11 is 3.63. The van der Waals surface area contributed by atoms with Crippen LogP contribution in [-0.4, -0.2) is 13.1 Å². The number of aryl methyl sites for hydroxylation is 1. The monoisotopic (exact) mass is 346 g/mol. The zero-order valence-corrected chi connectivity index (χ0v) is 14.6. The van der Waals surface area contributed by atoms with Gasteiger partial charge >= 0.3 is 0 Å². The second kappa shape index (κ2) is 7.51. The molecule has 1 N–H and O–H groups in total. The van der Waals surface area contributed by atoms with E-state index in [2.05, 4.69) is 89.4 Å². The molecular formula is C18H23BrN2. The summed E-state index contributed by atoms with van der Waals surface area (Å²) < 4.78 is 1.14. The predicted octanol–water partition coefficient (Wildman–Crippen LogP) is 5.22. The first-order valence-electron chi connectivity index (χ1n) is 7.48. The molecular weight excluding hydrogens is 324 g/mol. The Labute approximate surface area is 136 Å². The molecule has 0 aliphatic heterocycles. The third kappa shape index (κ3) is 4.01. The van der Waals surface area contributed by atoms with Gasteiger partial charge in [-0.1, -0.05) is 24.3 Å². The minimum absolute atomic E-state index is 0.834. The Balaban J connectivity index is 2.02. The summed E-state index contributed by atoms with van der Waals surface area (Å²) in [5, 5.41) is 3.49. The van der Waals surface area contributed by atoms with Crippen LogP contribution in [0.25, 0.3) is 0 Å². The average Bonchev–Trinajstić information content (AvgIpc) is 2.51. The van der Waals surface area contributed by atoms with E-state index >= 15 is 0 Å². The topological polar surface area (TPSA) is 15.3 Å². The molecule has 2 aromatic carbocycles. The summed E-state index contributed by atoms with van der Waals surface area (Å²) in [5.74, 6) is 0. The Morgan fingerprint density at radius 1 is 1.00 bits per heavy atom. The first kappa shape index (κ1) is 15.9. The van der Waals surface area contributed by atoms with E-state index in [4.69, 9.17) is 0 Å². The van der Waals surface area contributed by atoms with Gasteiger partial charge in [-0.05, 0) is 66.0 Å². The van der Waals surface area contributed by atoms with Crippen LogP contribution in [0.4, 0.5) is 11.4 Å². The molecule has 3 heteroatoms. The molecule has 0 saturated carbocycles. The summed E-state index contributed by atoms with van der Waals surface area (Å²) in [7, 11) is 0. The molecule has 2 nitrogen and oxygen atoms in total. The van der Waals surface area contributed by atoms with Crippen LogP contribution in [0.15, 0.2) is 46.9 Å².